The van der Waals surface area contributed by atoms with Gasteiger partial charge in [-0.1, -0.05) is 29.8 Å². The van der Waals surface area contributed by atoms with Crippen molar-refractivity contribution < 1.29 is 22.4 Å². The van der Waals surface area contributed by atoms with Crippen molar-refractivity contribution in [1.29, 1.82) is 0 Å². The van der Waals surface area contributed by atoms with Crippen molar-refractivity contribution in [2.45, 2.75) is 6.18 Å². The zero-order valence-corrected chi connectivity index (χ0v) is 14.9. The van der Waals surface area contributed by atoms with Gasteiger partial charge in [0.2, 0.25) is 0 Å². The molecule has 8 heteroatoms. The Morgan fingerprint density at radius 2 is 1.50 bits per heavy atom. The molecule has 4 rings (SSSR count). The SMILES string of the molecule is O=C(Nc1ccc(C(F)(F)F)c(Cl)c1)Nc1ccc2c(c1)oc1ccccc12. The highest BCUT2D eigenvalue weighted by Gasteiger charge is 2.33. The quantitative estimate of drug-likeness (QED) is 0.381. The van der Waals surface area contributed by atoms with Gasteiger partial charge >= 0.3 is 12.2 Å². The number of benzene rings is 3. The summed E-state index contributed by atoms with van der Waals surface area (Å²) in [5.41, 5.74) is 0.993. The third kappa shape index (κ3) is 3.48. The summed E-state index contributed by atoms with van der Waals surface area (Å²) < 4.78 is 44.0. The fourth-order valence-electron chi connectivity index (χ4n) is 2.92. The molecular formula is C20H12ClF3N2O2. The number of alkyl halides is 3. The second kappa shape index (κ2) is 6.76. The van der Waals surface area contributed by atoms with Gasteiger partial charge in [0, 0.05) is 28.2 Å². The van der Waals surface area contributed by atoms with Crippen molar-refractivity contribution in [3.05, 3.63) is 71.2 Å². The first kappa shape index (κ1) is 18.2. The van der Waals surface area contributed by atoms with Crippen LogP contribution in [0.4, 0.5) is 29.3 Å². The first-order valence-electron chi connectivity index (χ1n) is 8.17. The summed E-state index contributed by atoms with van der Waals surface area (Å²) >= 11 is 5.66. The van der Waals surface area contributed by atoms with E-state index in [0.717, 1.165) is 34.6 Å². The summed E-state index contributed by atoms with van der Waals surface area (Å²) in [5, 5.41) is 6.45. The third-order valence-corrected chi connectivity index (χ3v) is 4.48. The van der Waals surface area contributed by atoms with Crippen LogP contribution in [-0.4, -0.2) is 6.03 Å². The lowest BCUT2D eigenvalue weighted by Gasteiger charge is -2.11. The normalized spacial score (nSPS) is 11.7. The molecule has 1 aromatic heterocycles. The Labute approximate surface area is 161 Å². The number of anilines is 2. The molecule has 0 aliphatic carbocycles. The second-order valence-corrected chi connectivity index (χ2v) is 6.49. The maximum atomic E-state index is 12.7. The Balaban J connectivity index is 1.52. The van der Waals surface area contributed by atoms with Gasteiger partial charge in [-0.2, -0.15) is 13.2 Å². The number of hydrogen-bond acceptors (Lipinski definition) is 2. The zero-order valence-electron chi connectivity index (χ0n) is 14.1. The van der Waals surface area contributed by atoms with E-state index in [2.05, 4.69) is 10.6 Å². The second-order valence-electron chi connectivity index (χ2n) is 6.08. The number of carbonyl (C=O) groups excluding carboxylic acids is 1. The van der Waals surface area contributed by atoms with Crippen molar-refractivity contribution in [2.24, 2.45) is 0 Å². The van der Waals surface area contributed by atoms with Crippen LogP contribution in [0.2, 0.25) is 5.02 Å². The van der Waals surface area contributed by atoms with E-state index in [1.807, 2.05) is 30.3 Å². The number of rotatable bonds is 2. The summed E-state index contributed by atoms with van der Waals surface area (Å²) in [6, 6.07) is 15.2. The molecule has 0 atom stereocenters. The van der Waals surface area contributed by atoms with Crippen molar-refractivity contribution in [2.75, 3.05) is 10.6 Å². The fourth-order valence-corrected chi connectivity index (χ4v) is 3.21. The molecular weight excluding hydrogens is 393 g/mol. The summed E-state index contributed by atoms with van der Waals surface area (Å²) in [6.45, 7) is 0. The third-order valence-electron chi connectivity index (χ3n) is 4.17. The number of amides is 2. The summed E-state index contributed by atoms with van der Waals surface area (Å²) in [6.07, 6.45) is -4.56. The van der Waals surface area contributed by atoms with E-state index in [4.69, 9.17) is 16.0 Å². The predicted octanol–water partition coefficient (Wildman–Crippen LogP) is 6.90. The molecule has 0 fully saturated rings. The van der Waals surface area contributed by atoms with Gasteiger partial charge in [0.15, 0.2) is 0 Å². The molecule has 0 saturated heterocycles. The van der Waals surface area contributed by atoms with Crippen molar-refractivity contribution in [1.82, 2.24) is 0 Å². The van der Waals surface area contributed by atoms with Crippen LogP contribution in [0.3, 0.4) is 0 Å². The van der Waals surface area contributed by atoms with Crippen LogP contribution in [0.15, 0.2) is 65.1 Å². The van der Waals surface area contributed by atoms with E-state index in [9.17, 15) is 18.0 Å². The summed E-state index contributed by atoms with van der Waals surface area (Å²) in [5.74, 6) is 0. The monoisotopic (exact) mass is 404 g/mol. The minimum Gasteiger partial charge on any atom is -0.456 e. The lowest BCUT2D eigenvalue weighted by atomic mass is 10.1. The van der Waals surface area contributed by atoms with Crippen LogP contribution < -0.4 is 10.6 Å². The number of urea groups is 1. The number of hydrogen-bond donors (Lipinski definition) is 2. The van der Waals surface area contributed by atoms with E-state index in [1.54, 1.807) is 12.1 Å². The number of carbonyl (C=O) groups is 1. The molecule has 0 aliphatic rings. The van der Waals surface area contributed by atoms with Gasteiger partial charge in [-0.15, -0.1) is 0 Å². The number of furan rings is 1. The van der Waals surface area contributed by atoms with Gasteiger partial charge in [0.05, 0.1) is 10.6 Å². The fraction of sp³-hybridized carbons (Fsp3) is 0.0500. The average molecular weight is 405 g/mol. The number of para-hydroxylation sites is 1. The molecule has 1 heterocycles. The Kier molecular flexibility index (Phi) is 4.39. The minimum absolute atomic E-state index is 0.139. The molecule has 142 valence electrons. The van der Waals surface area contributed by atoms with Crippen LogP contribution in [0.25, 0.3) is 21.9 Å². The maximum absolute atomic E-state index is 12.7. The van der Waals surface area contributed by atoms with Crippen LogP contribution >= 0.6 is 11.6 Å². The van der Waals surface area contributed by atoms with Crippen LogP contribution in [0.5, 0.6) is 0 Å². The molecule has 2 amide bonds. The van der Waals surface area contributed by atoms with Gasteiger partial charge in [-0.3, -0.25) is 0 Å². The first-order chi connectivity index (χ1) is 13.3. The van der Waals surface area contributed by atoms with Gasteiger partial charge in [-0.25, -0.2) is 4.79 Å². The molecule has 0 aliphatic heterocycles. The Bertz CT molecular complexity index is 1200. The molecule has 4 aromatic rings. The van der Waals surface area contributed by atoms with Crippen LogP contribution in [0, 0.1) is 0 Å². The Morgan fingerprint density at radius 1 is 0.857 bits per heavy atom. The first-order valence-corrected chi connectivity index (χ1v) is 8.55. The summed E-state index contributed by atoms with van der Waals surface area (Å²) in [4.78, 5) is 12.2. The van der Waals surface area contributed by atoms with Crippen molar-refractivity contribution in [3.63, 3.8) is 0 Å². The Hall–Kier alpha value is -3.19. The van der Waals surface area contributed by atoms with E-state index < -0.39 is 22.8 Å². The van der Waals surface area contributed by atoms with Crippen molar-refractivity contribution >= 4 is 50.9 Å². The van der Waals surface area contributed by atoms with E-state index in [1.165, 1.54) is 0 Å². The van der Waals surface area contributed by atoms with Crippen LogP contribution in [0.1, 0.15) is 5.56 Å². The van der Waals surface area contributed by atoms with Gasteiger partial charge in [0.1, 0.15) is 11.2 Å². The number of halogens is 4. The molecule has 2 N–H and O–H groups in total. The number of fused-ring (bicyclic) bond motifs is 3. The zero-order chi connectivity index (χ0) is 19.9. The topological polar surface area (TPSA) is 54.3 Å². The summed E-state index contributed by atoms with van der Waals surface area (Å²) in [7, 11) is 0. The molecule has 3 aromatic carbocycles. The highest BCUT2D eigenvalue weighted by atomic mass is 35.5. The lowest BCUT2D eigenvalue weighted by molar-refractivity contribution is -0.137. The van der Waals surface area contributed by atoms with Gasteiger partial charge < -0.3 is 15.1 Å². The van der Waals surface area contributed by atoms with Gasteiger partial charge in [0.25, 0.3) is 0 Å². The van der Waals surface area contributed by atoms with E-state index in [-0.39, 0.29) is 5.69 Å². The largest absolute Gasteiger partial charge is 0.456 e. The molecule has 0 radical (unpaired) electrons. The molecule has 0 bridgehead atoms. The maximum Gasteiger partial charge on any atom is 0.417 e. The minimum atomic E-state index is -4.56. The lowest BCUT2D eigenvalue weighted by Crippen LogP contribution is -2.19. The van der Waals surface area contributed by atoms with Crippen LogP contribution in [-0.2, 0) is 6.18 Å². The number of nitrogens with one attached hydrogen (secondary N) is 2. The van der Waals surface area contributed by atoms with E-state index in [0.29, 0.717) is 11.3 Å². The highest BCUT2D eigenvalue weighted by Crippen LogP contribution is 2.36. The Morgan fingerprint density at radius 3 is 2.21 bits per heavy atom. The molecule has 0 saturated carbocycles. The molecule has 0 unspecified atom stereocenters. The molecule has 0 spiro atoms. The average Bonchev–Trinajstić information content (AvgIpc) is 2.98. The molecule has 28 heavy (non-hydrogen) atoms. The van der Waals surface area contributed by atoms with Gasteiger partial charge in [-0.05, 0) is 36.4 Å². The van der Waals surface area contributed by atoms with E-state index >= 15 is 0 Å². The smallest absolute Gasteiger partial charge is 0.417 e. The predicted molar refractivity (Wildman–Crippen MR) is 103 cm³/mol. The van der Waals surface area contributed by atoms with Crippen molar-refractivity contribution in [3.8, 4) is 0 Å². The highest BCUT2D eigenvalue weighted by molar-refractivity contribution is 6.31. The molecule has 4 nitrogen and oxygen atoms in total. The standard InChI is InChI=1S/C20H12ClF3N2O2/c21-16-9-11(6-8-15(16)20(22,23)24)25-19(27)26-12-5-7-14-13-3-1-2-4-17(13)28-18(14)10-12/h1-10H,(H2,25,26,27).